The van der Waals surface area contributed by atoms with Crippen molar-refractivity contribution in [3.05, 3.63) is 58.3 Å². The minimum Gasteiger partial charge on any atom is -0.343 e. The number of hydrogen-bond acceptors (Lipinski definition) is 1. The van der Waals surface area contributed by atoms with E-state index in [2.05, 4.69) is 41.9 Å². The van der Waals surface area contributed by atoms with Crippen LogP contribution in [0.15, 0.2) is 47.1 Å². The number of hydrogen-bond donors (Lipinski definition) is 0. The maximum absolute atomic E-state index is 12.9. The lowest BCUT2D eigenvalue weighted by Crippen LogP contribution is -2.37. The van der Waals surface area contributed by atoms with Crippen molar-refractivity contribution in [3.63, 3.8) is 0 Å². The number of nitrogens with zero attached hydrogens (tertiary/aromatic N) is 2. The van der Waals surface area contributed by atoms with Gasteiger partial charge in [0, 0.05) is 29.8 Å². The highest BCUT2D eigenvalue weighted by molar-refractivity contribution is 9.10. The average molecular weight is 349 g/mol. The van der Waals surface area contributed by atoms with E-state index < -0.39 is 0 Å². The van der Waals surface area contributed by atoms with Gasteiger partial charge in [0.2, 0.25) is 0 Å². The van der Waals surface area contributed by atoms with Crippen molar-refractivity contribution in [2.45, 2.75) is 39.9 Å². The number of rotatable bonds is 5. The quantitative estimate of drug-likeness (QED) is 0.789. The Kier molecular flexibility index (Phi) is 5.23. The first-order chi connectivity index (χ1) is 10.0. The lowest BCUT2D eigenvalue weighted by Gasteiger charge is -2.27. The summed E-state index contributed by atoms with van der Waals surface area (Å²) in [5.74, 6) is 0.0707. The van der Waals surface area contributed by atoms with Crippen LogP contribution in [-0.4, -0.2) is 21.4 Å². The third kappa shape index (κ3) is 3.76. The second-order valence-electron chi connectivity index (χ2n) is 5.34. The Labute approximate surface area is 134 Å². The zero-order valence-corrected chi connectivity index (χ0v) is 14.3. The number of amides is 1. The molecule has 3 nitrogen and oxygen atoms in total. The molecule has 2 aromatic rings. The molecule has 0 atom stereocenters. The van der Waals surface area contributed by atoms with Crippen LogP contribution in [-0.2, 0) is 13.1 Å². The molecule has 4 heteroatoms. The van der Waals surface area contributed by atoms with Crippen molar-refractivity contribution in [2.75, 3.05) is 0 Å². The summed E-state index contributed by atoms with van der Waals surface area (Å²) in [6.45, 7) is 7.55. The standard InChI is InChI=1S/C17H21BrN2O/c1-4-19-12-15(18)10-16(19)17(21)20(13(2)3)11-14-8-6-5-7-9-14/h5-10,12-13H,4,11H2,1-3H3. The molecule has 0 unspecified atom stereocenters. The Bertz CT molecular complexity index is 605. The molecule has 0 fully saturated rings. The molecule has 21 heavy (non-hydrogen) atoms. The van der Waals surface area contributed by atoms with Crippen molar-refractivity contribution in [1.82, 2.24) is 9.47 Å². The van der Waals surface area contributed by atoms with Gasteiger partial charge in [0.25, 0.3) is 5.91 Å². The van der Waals surface area contributed by atoms with E-state index in [4.69, 9.17) is 0 Å². The summed E-state index contributed by atoms with van der Waals surface area (Å²) in [4.78, 5) is 14.8. The number of aryl methyl sites for hydroxylation is 1. The molecule has 0 spiro atoms. The van der Waals surface area contributed by atoms with Crippen LogP contribution in [0.2, 0.25) is 0 Å². The van der Waals surface area contributed by atoms with Crippen LogP contribution in [0.5, 0.6) is 0 Å². The fraction of sp³-hybridized carbons (Fsp3) is 0.353. The molecule has 0 radical (unpaired) electrons. The van der Waals surface area contributed by atoms with Crippen molar-refractivity contribution < 1.29 is 4.79 Å². The van der Waals surface area contributed by atoms with Crippen LogP contribution in [0.3, 0.4) is 0 Å². The van der Waals surface area contributed by atoms with Crippen LogP contribution in [0.25, 0.3) is 0 Å². The van der Waals surface area contributed by atoms with Crippen LogP contribution in [0, 0.1) is 0 Å². The summed E-state index contributed by atoms with van der Waals surface area (Å²) in [6.07, 6.45) is 1.95. The molecular formula is C17H21BrN2O. The minimum atomic E-state index is 0.0707. The van der Waals surface area contributed by atoms with Crippen molar-refractivity contribution in [3.8, 4) is 0 Å². The molecule has 0 aliphatic rings. The molecule has 1 amide bonds. The second-order valence-corrected chi connectivity index (χ2v) is 6.26. The van der Waals surface area contributed by atoms with Crippen molar-refractivity contribution >= 4 is 21.8 Å². The number of aromatic nitrogens is 1. The van der Waals surface area contributed by atoms with Gasteiger partial charge >= 0.3 is 0 Å². The van der Waals surface area contributed by atoms with E-state index in [1.165, 1.54) is 0 Å². The first-order valence-electron chi connectivity index (χ1n) is 7.23. The Balaban J connectivity index is 2.27. The van der Waals surface area contributed by atoms with Gasteiger partial charge in [0.1, 0.15) is 5.69 Å². The third-order valence-corrected chi connectivity index (χ3v) is 3.94. The Hall–Kier alpha value is -1.55. The fourth-order valence-corrected chi connectivity index (χ4v) is 2.80. The van der Waals surface area contributed by atoms with Crippen LogP contribution < -0.4 is 0 Å². The van der Waals surface area contributed by atoms with E-state index in [0.29, 0.717) is 6.54 Å². The van der Waals surface area contributed by atoms with Gasteiger partial charge in [-0.05, 0) is 48.3 Å². The first kappa shape index (κ1) is 15.8. The number of carbonyl (C=O) groups excluding carboxylic acids is 1. The third-order valence-electron chi connectivity index (χ3n) is 3.50. The smallest absolute Gasteiger partial charge is 0.271 e. The fourth-order valence-electron chi connectivity index (χ4n) is 2.33. The van der Waals surface area contributed by atoms with Gasteiger partial charge in [-0.3, -0.25) is 4.79 Å². The molecule has 1 heterocycles. The molecule has 2 rings (SSSR count). The highest BCUT2D eigenvalue weighted by Crippen LogP contribution is 2.19. The van der Waals surface area contributed by atoms with Gasteiger partial charge in [-0.15, -0.1) is 0 Å². The minimum absolute atomic E-state index is 0.0707. The number of carbonyl (C=O) groups is 1. The van der Waals surface area contributed by atoms with Crippen molar-refractivity contribution in [1.29, 1.82) is 0 Å². The maximum atomic E-state index is 12.9. The van der Waals surface area contributed by atoms with E-state index in [1.54, 1.807) is 0 Å². The summed E-state index contributed by atoms with van der Waals surface area (Å²) >= 11 is 3.45. The monoisotopic (exact) mass is 348 g/mol. The SMILES string of the molecule is CCn1cc(Br)cc1C(=O)N(Cc1ccccc1)C(C)C. The molecule has 0 N–H and O–H groups in total. The zero-order chi connectivity index (χ0) is 15.4. The van der Waals surface area contributed by atoms with E-state index >= 15 is 0 Å². The highest BCUT2D eigenvalue weighted by Gasteiger charge is 2.22. The van der Waals surface area contributed by atoms with E-state index in [1.807, 2.05) is 46.9 Å². The molecular weight excluding hydrogens is 328 g/mol. The number of benzene rings is 1. The molecule has 0 saturated heterocycles. The average Bonchev–Trinajstić information content (AvgIpc) is 2.86. The molecule has 112 valence electrons. The highest BCUT2D eigenvalue weighted by atomic mass is 79.9. The normalized spacial score (nSPS) is 10.9. The Morgan fingerprint density at radius 1 is 1.29 bits per heavy atom. The molecule has 0 bridgehead atoms. The van der Waals surface area contributed by atoms with Crippen molar-refractivity contribution in [2.24, 2.45) is 0 Å². The number of halogens is 1. The Morgan fingerprint density at radius 2 is 1.95 bits per heavy atom. The molecule has 1 aromatic heterocycles. The van der Waals surface area contributed by atoms with Gasteiger partial charge < -0.3 is 9.47 Å². The lowest BCUT2D eigenvalue weighted by atomic mass is 10.1. The predicted molar refractivity (Wildman–Crippen MR) is 89.3 cm³/mol. The van der Waals surface area contributed by atoms with Gasteiger partial charge in [-0.25, -0.2) is 0 Å². The second kappa shape index (κ2) is 6.94. The Morgan fingerprint density at radius 3 is 2.52 bits per heavy atom. The summed E-state index contributed by atoms with van der Waals surface area (Å²) in [5, 5.41) is 0. The molecule has 1 aromatic carbocycles. The molecule has 0 saturated carbocycles. The van der Waals surface area contributed by atoms with Gasteiger partial charge in [0.05, 0.1) is 0 Å². The van der Waals surface area contributed by atoms with E-state index in [-0.39, 0.29) is 11.9 Å². The zero-order valence-electron chi connectivity index (χ0n) is 12.7. The van der Waals surface area contributed by atoms with Crippen LogP contribution in [0.4, 0.5) is 0 Å². The molecule has 0 aliphatic heterocycles. The van der Waals surface area contributed by atoms with E-state index in [0.717, 1.165) is 22.3 Å². The summed E-state index contributed by atoms with van der Waals surface area (Å²) < 4.78 is 2.92. The van der Waals surface area contributed by atoms with Gasteiger partial charge in [0.15, 0.2) is 0 Å². The van der Waals surface area contributed by atoms with E-state index in [9.17, 15) is 4.79 Å². The first-order valence-corrected chi connectivity index (χ1v) is 8.02. The van der Waals surface area contributed by atoms with Crippen LogP contribution in [0.1, 0.15) is 36.8 Å². The maximum Gasteiger partial charge on any atom is 0.271 e. The lowest BCUT2D eigenvalue weighted by molar-refractivity contribution is 0.0679. The summed E-state index contributed by atoms with van der Waals surface area (Å²) in [6, 6.07) is 12.1. The van der Waals surface area contributed by atoms with Gasteiger partial charge in [-0.2, -0.15) is 0 Å². The predicted octanol–water partition coefficient (Wildman–Crippen LogP) is 4.32. The largest absolute Gasteiger partial charge is 0.343 e. The summed E-state index contributed by atoms with van der Waals surface area (Å²) in [5.41, 5.74) is 1.88. The topological polar surface area (TPSA) is 25.2 Å². The summed E-state index contributed by atoms with van der Waals surface area (Å²) in [7, 11) is 0. The molecule has 0 aliphatic carbocycles. The van der Waals surface area contributed by atoms with Crippen LogP contribution >= 0.6 is 15.9 Å². The van der Waals surface area contributed by atoms with Gasteiger partial charge in [-0.1, -0.05) is 30.3 Å².